The Labute approximate surface area is 110 Å². The SMILES string of the molecule is N#Cc1cccc(CNc2ssc(=O)c2Cl)c1. The molecule has 0 radical (unpaired) electrons. The molecular weight excluding hydrogens is 276 g/mol. The number of halogens is 1. The van der Waals surface area contributed by atoms with E-state index in [-0.39, 0.29) is 9.77 Å². The van der Waals surface area contributed by atoms with Crippen LogP contribution in [0, 0.1) is 11.3 Å². The van der Waals surface area contributed by atoms with E-state index in [1.165, 1.54) is 10.3 Å². The van der Waals surface area contributed by atoms with Gasteiger partial charge in [-0.15, -0.1) is 0 Å². The molecule has 2 rings (SSSR count). The van der Waals surface area contributed by atoms with Crippen molar-refractivity contribution in [3.8, 4) is 6.07 Å². The van der Waals surface area contributed by atoms with Gasteiger partial charge in [0.2, 0.25) is 0 Å². The van der Waals surface area contributed by atoms with Crippen molar-refractivity contribution < 1.29 is 0 Å². The van der Waals surface area contributed by atoms with Gasteiger partial charge in [0.25, 0.3) is 4.74 Å². The molecule has 0 saturated carbocycles. The summed E-state index contributed by atoms with van der Waals surface area (Å²) in [7, 11) is 2.44. The Kier molecular flexibility index (Phi) is 3.79. The molecule has 0 saturated heterocycles. The zero-order valence-corrected chi connectivity index (χ0v) is 11.0. The van der Waals surface area contributed by atoms with Gasteiger partial charge in [-0.25, -0.2) is 0 Å². The Morgan fingerprint density at radius 3 is 2.88 bits per heavy atom. The van der Waals surface area contributed by atoms with Gasteiger partial charge < -0.3 is 5.32 Å². The first kappa shape index (κ1) is 12.1. The molecule has 6 heteroatoms. The molecule has 0 amide bonds. The topological polar surface area (TPSA) is 52.9 Å². The summed E-state index contributed by atoms with van der Waals surface area (Å²) in [6, 6.07) is 9.37. The monoisotopic (exact) mass is 282 g/mol. The van der Waals surface area contributed by atoms with Gasteiger partial charge in [-0.3, -0.25) is 4.79 Å². The third-order valence-corrected chi connectivity index (χ3v) is 4.83. The second-order valence-corrected chi connectivity index (χ2v) is 5.75. The first-order valence-electron chi connectivity index (χ1n) is 4.72. The van der Waals surface area contributed by atoms with Gasteiger partial charge in [-0.2, -0.15) is 5.26 Å². The fourth-order valence-electron chi connectivity index (χ4n) is 1.29. The zero-order valence-electron chi connectivity index (χ0n) is 8.57. The van der Waals surface area contributed by atoms with Crippen molar-refractivity contribution in [2.24, 2.45) is 0 Å². The highest BCUT2D eigenvalue weighted by Gasteiger charge is 2.07. The molecule has 1 aromatic carbocycles. The van der Waals surface area contributed by atoms with Gasteiger partial charge >= 0.3 is 0 Å². The third-order valence-electron chi connectivity index (χ3n) is 2.09. The lowest BCUT2D eigenvalue weighted by Gasteiger charge is -2.03. The lowest BCUT2D eigenvalue weighted by Crippen LogP contribution is -2.00. The quantitative estimate of drug-likeness (QED) is 0.879. The first-order valence-corrected chi connectivity index (χ1v) is 7.25. The van der Waals surface area contributed by atoms with Gasteiger partial charge in [0.05, 0.1) is 11.6 Å². The molecule has 0 aliphatic heterocycles. The fourth-order valence-corrected chi connectivity index (χ4v) is 3.71. The predicted octanol–water partition coefficient (Wildman–Crippen LogP) is 3.31. The maximum absolute atomic E-state index is 11.2. The summed E-state index contributed by atoms with van der Waals surface area (Å²) in [5, 5.41) is 12.8. The lowest BCUT2D eigenvalue weighted by molar-refractivity contribution is 1.16. The van der Waals surface area contributed by atoms with E-state index in [0.717, 1.165) is 15.9 Å². The van der Waals surface area contributed by atoms with Crippen molar-refractivity contribution in [2.45, 2.75) is 6.54 Å². The van der Waals surface area contributed by atoms with E-state index in [4.69, 9.17) is 16.9 Å². The highest BCUT2D eigenvalue weighted by atomic mass is 35.5. The normalized spacial score (nSPS) is 9.88. The summed E-state index contributed by atoms with van der Waals surface area (Å²) >= 11 is 5.83. The van der Waals surface area contributed by atoms with E-state index < -0.39 is 0 Å². The minimum atomic E-state index is -0.120. The summed E-state index contributed by atoms with van der Waals surface area (Å²) < 4.78 is -0.120. The van der Waals surface area contributed by atoms with Crippen LogP contribution in [0.15, 0.2) is 29.1 Å². The lowest BCUT2D eigenvalue weighted by atomic mass is 10.1. The van der Waals surface area contributed by atoms with Crippen LogP contribution >= 0.6 is 32.3 Å². The van der Waals surface area contributed by atoms with Gasteiger partial charge in [-0.1, -0.05) is 34.1 Å². The Morgan fingerprint density at radius 2 is 2.24 bits per heavy atom. The summed E-state index contributed by atoms with van der Waals surface area (Å²) in [6.45, 7) is 0.544. The van der Waals surface area contributed by atoms with Crippen molar-refractivity contribution in [2.75, 3.05) is 5.32 Å². The molecule has 0 aliphatic rings. The highest BCUT2D eigenvalue weighted by molar-refractivity contribution is 7.70. The Hall–Kier alpha value is -1.35. The molecule has 1 N–H and O–H groups in total. The molecule has 2 aromatic rings. The van der Waals surface area contributed by atoms with E-state index in [0.29, 0.717) is 17.1 Å². The Balaban J connectivity index is 2.10. The van der Waals surface area contributed by atoms with Crippen LogP contribution in [0.25, 0.3) is 0 Å². The van der Waals surface area contributed by atoms with Crippen molar-refractivity contribution >= 4 is 37.3 Å². The fraction of sp³-hybridized carbons (Fsp3) is 0.0909. The zero-order chi connectivity index (χ0) is 12.3. The summed E-state index contributed by atoms with van der Waals surface area (Å²) in [5.41, 5.74) is 1.60. The standard InChI is InChI=1S/C11H7ClN2OS2/c12-9-10(16-17-11(9)15)14-6-8-3-1-2-7(4-8)5-13/h1-4,14H,6H2. The van der Waals surface area contributed by atoms with E-state index in [9.17, 15) is 4.79 Å². The van der Waals surface area contributed by atoms with Crippen LogP contribution in [-0.2, 0) is 6.54 Å². The molecule has 0 atom stereocenters. The van der Waals surface area contributed by atoms with Crippen LogP contribution in [-0.4, -0.2) is 0 Å². The van der Waals surface area contributed by atoms with Crippen LogP contribution in [0.3, 0.4) is 0 Å². The van der Waals surface area contributed by atoms with Crippen molar-refractivity contribution in [1.82, 2.24) is 0 Å². The average Bonchev–Trinajstić information content (AvgIpc) is 2.68. The second-order valence-electron chi connectivity index (χ2n) is 3.26. The predicted molar refractivity (Wildman–Crippen MR) is 72.0 cm³/mol. The number of rotatable bonds is 3. The van der Waals surface area contributed by atoms with E-state index >= 15 is 0 Å². The van der Waals surface area contributed by atoms with Crippen LogP contribution in [0.2, 0.25) is 5.02 Å². The average molecular weight is 283 g/mol. The number of nitriles is 1. The smallest absolute Gasteiger partial charge is 0.263 e. The number of hydrogen-bond acceptors (Lipinski definition) is 5. The van der Waals surface area contributed by atoms with Gasteiger partial charge in [0, 0.05) is 6.54 Å². The largest absolute Gasteiger partial charge is 0.371 e. The number of nitrogens with one attached hydrogen (secondary N) is 1. The number of nitrogens with zero attached hydrogens (tertiary/aromatic N) is 1. The molecule has 1 heterocycles. The van der Waals surface area contributed by atoms with Gasteiger partial charge in [0.15, 0.2) is 0 Å². The van der Waals surface area contributed by atoms with Crippen LogP contribution < -0.4 is 10.1 Å². The van der Waals surface area contributed by atoms with Crippen molar-refractivity contribution in [3.63, 3.8) is 0 Å². The molecule has 1 aromatic heterocycles. The Morgan fingerprint density at radius 1 is 1.41 bits per heavy atom. The molecule has 0 aliphatic carbocycles. The maximum Gasteiger partial charge on any atom is 0.263 e. The molecule has 0 fully saturated rings. The highest BCUT2D eigenvalue weighted by Crippen LogP contribution is 2.27. The van der Waals surface area contributed by atoms with E-state index in [2.05, 4.69) is 11.4 Å². The molecule has 17 heavy (non-hydrogen) atoms. The van der Waals surface area contributed by atoms with Crippen LogP contribution in [0.1, 0.15) is 11.1 Å². The van der Waals surface area contributed by atoms with Crippen LogP contribution in [0.5, 0.6) is 0 Å². The molecule has 3 nitrogen and oxygen atoms in total. The summed E-state index contributed by atoms with van der Waals surface area (Å²) in [5.74, 6) is 0. The molecular formula is C11H7ClN2OS2. The van der Waals surface area contributed by atoms with Gasteiger partial charge in [-0.05, 0) is 28.0 Å². The third kappa shape index (κ3) is 2.86. The first-order chi connectivity index (χ1) is 8.20. The Bertz CT molecular complexity index is 627. The molecule has 0 bridgehead atoms. The van der Waals surface area contributed by atoms with E-state index in [1.54, 1.807) is 12.1 Å². The minimum absolute atomic E-state index is 0.120. The van der Waals surface area contributed by atoms with Crippen molar-refractivity contribution in [3.05, 3.63) is 50.0 Å². The van der Waals surface area contributed by atoms with Gasteiger partial charge in [0.1, 0.15) is 10.0 Å². The summed E-state index contributed by atoms with van der Waals surface area (Å²) in [4.78, 5) is 11.2. The molecule has 0 spiro atoms. The molecule has 86 valence electrons. The number of hydrogen-bond donors (Lipinski definition) is 1. The minimum Gasteiger partial charge on any atom is -0.371 e. The van der Waals surface area contributed by atoms with E-state index in [1.807, 2.05) is 12.1 Å². The molecule has 0 unspecified atom stereocenters. The number of anilines is 1. The summed E-state index contributed by atoms with van der Waals surface area (Å²) in [6.07, 6.45) is 0. The van der Waals surface area contributed by atoms with Crippen LogP contribution in [0.4, 0.5) is 5.00 Å². The van der Waals surface area contributed by atoms with Crippen molar-refractivity contribution in [1.29, 1.82) is 5.26 Å². The maximum atomic E-state index is 11.2. The number of benzene rings is 1. The second kappa shape index (κ2) is 5.32.